The van der Waals surface area contributed by atoms with Gasteiger partial charge in [0.1, 0.15) is 5.84 Å². The van der Waals surface area contributed by atoms with E-state index in [9.17, 15) is 0 Å². The van der Waals surface area contributed by atoms with Crippen molar-refractivity contribution in [2.45, 2.75) is 19.4 Å². The molecule has 1 aliphatic rings. The van der Waals surface area contributed by atoms with Gasteiger partial charge in [-0.15, -0.1) is 0 Å². The minimum Gasteiger partial charge on any atom is -0.384 e. The zero-order valence-electron chi connectivity index (χ0n) is 11.7. The van der Waals surface area contributed by atoms with Crippen LogP contribution in [0.5, 0.6) is 0 Å². The van der Waals surface area contributed by atoms with Gasteiger partial charge in [0, 0.05) is 30.9 Å². The van der Waals surface area contributed by atoms with Gasteiger partial charge in [-0.3, -0.25) is 10.3 Å². The second kappa shape index (κ2) is 5.02. The van der Waals surface area contributed by atoms with E-state index in [0.717, 1.165) is 25.3 Å². The van der Waals surface area contributed by atoms with Gasteiger partial charge in [0.15, 0.2) is 0 Å². The number of piperazine rings is 1. The molecule has 0 unspecified atom stereocenters. The Morgan fingerprint density at radius 3 is 2.63 bits per heavy atom. The van der Waals surface area contributed by atoms with Gasteiger partial charge < -0.3 is 10.6 Å². The lowest BCUT2D eigenvalue weighted by molar-refractivity contribution is 0.139. The average molecular weight is 281 g/mol. The van der Waals surface area contributed by atoms with E-state index in [0.29, 0.717) is 10.6 Å². The van der Waals surface area contributed by atoms with Crippen molar-refractivity contribution < 1.29 is 0 Å². The molecule has 1 heterocycles. The molecule has 0 aromatic heterocycles. The van der Waals surface area contributed by atoms with Crippen LogP contribution in [0.4, 0.5) is 5.69 Å². The zero-order valence-corrected chi connectivity index (χ0v) is 12.5. The summed E-state index contributed by atoms with van der Waals surface area (Å²) in [5.41, 5.74) is 7.37. The quantitative estimate of drug-likeness (QED) is 0.645. The second-order valence-electron chi connectivity index (χ2n) is 5.70. The molecule has 1 aromatic carbocycles. The molecule has 0 amide bonds. The zero-order chi connectivity index (χ0) is 14.2. The van der Waals surface area contributed by atoms with Gasteiger partial charge in [0.05, 0.1) is 10.6 Å². The first-order valence-electron chi connectivity index (χ1n) is 6.42. The van der Waals surface area contributed by atoms with Crippen molar-refractivity contribution in [2.24, 2.45) is 5.73 Å². The lowest BCUT2D eigenvalue weighted by atomic mass is 9.98. The highest BCUT2D eigenvalue weighted by atomic mass is 35.5. The molecule has 4 nitrogen and oxygen atoms in total. The van der Waals surface area contributed by atoms with E-state index >= 15 is 0 Å². The topological polar surface area (TPSA) is 56.4 Å². The molecule has 3 N–H and O–H groups in total. The van der Waals surface area contributed by atoms with Gasteiger partial charge in [0.25, 0.3) is 0 Å². The third-order valence-electron chi connectivity index (χ3n) is 3.92. The van der Waals surface area contributed by atoms with E-state index in [-0.39, 0.29) is 11.4 Å². The van der Waals surface area contributed by atoms with Gasteiger partial charge in [0.2, 0.25) is 0 Å². The highest BCUT2D eigenvalue weighted by molar-refractivity contribution is 6.34. The largest absolute Gasteiger partial charge is 0.384 e. The van der Waals surface area contributed by atoms with Gasteiger partial charge in [-0.1, -0.05) is 17.7 Å². The van der Waals surface area contributed by atoms with E-state index in [1.807, 2.05) is 12.1 Å². The number of halogens is 1. The molecular formula is C14H21ClN4. The monoisotopic (exact) mass is 280 g/mol. The molecule has 0 saturated carbocycles. The molecule has 0 spiro atoms. The highest BCUT2D eigenvalue weighted by Gasteiger charge is 2.32. The summed E-state index contributed by atoms with van der Waals surface area (Å²) in [6.45, 7) is 7.23. The van der Waals surface area contributed by atoms with Crippen LogP contribution in [0.15, 0.2) is 18.2 Å². The highest BCUT2D eigenvalue weighted by Crippen LogP contribution is 2.30. The van der Waals surface area contributed by atoms with Crippen LogP contribution in [-0.2, 0) is 0 Å². The molecule has 0 bridgehead atoms. The third kappa shape index (κ3) is 2.69. The van der Waals surface area contributed by atoms with Gasteiger partial charge in [-0.25, -0.2) is 0 Å². The van der Waals surface area contributed by atoms with E-state index in [1.54, 1.807) is 6.07 Å². The van der Waals surface area contributed by atoms with Crippen LogP contribution in [0.1, 0.15) is 19.4 Å². The van der Waals surface area contributed by atoms with Crippen molar-refractivity contribution in [1.29, 1.82) is 5.41 Å². The predicted octanol–water partition coefficient (Wildman–Crippen LogP) is 2.15. The van der Waals surface area contributed by atoms with Crippen LogP contribution < -0.4 is 10.6 Å². The maximum absolute atomic E-state index is 7.73. The molecular weight excluding hydrogens is 260 g/mol. The first-order valence-corrected chi connectivity index (χ1v) is 6.80. The number of likely N-dealkylation sites (N-methyl/N-ethyl adjacent to an activating group) is 1. The first-order chi connectivity index (χ1) is 8.83. The van der Waals surface area contributed by atoms with Crippen LogP contribution in [0, 0.1) is 5.41 Å². The maximum Gasteiger partial charge on any atom is 0.126 e. The minimum atomic E-state index is 0.0253. The Bertz CT molecular complexity index is 498. The summed E-state index contributed by atoms with van der Waals surface area (Å²) in [5.74, 6) is 0.0253. The number of nitrogens with two attached hydrogens (primary N) is 1. The number of anilines is 1. The summed E-state index contributed by atoms with van der Waals surface area (Å²) in [6.07, 6.45) is 0. The fourth-order valence-corrected chi connectivity index (χ4v) is 2.76. The normalized spacial score (nSPS) is 19.5. The summed E-state index contributed by atoms with van der Waals surface area (Å²) in [6, 6.07) is 5.68. The Balaban J connectivity index is 2.38. The Labute approximate surface area is 119 Å². The molecule has 19 heavy (non-hydrogen) atoms. The number of nitrogens with one attached hydrogen (secondary N) is 1. The average Bonchev–Trinajstić information content (AvgIpc) is 2.31. The number of rotatable bonds is 2. The first kappa shape index (κ1) is 14.2. The molecule has 104 valence electrons. The summed E-state index contributed by atoms with van der Waals surface area (Å²) in [7, 11) is 2.14. The lowest BCUT2D eigenvalue weighted by Crippen LogP contribution is -2.58. The molecule has 5 heteroatoms. The Morgan fingerprint density at radius 2 is 2.05 bits per heavy atom. The molecule has 1 fully saturated rings. The number of hydrogen-bond acceptors (Lipinski definition) is 3. The summed E-state index contributed by atoms with van der Waals surface area (Å²) < 4.78 is 0. The second-order valence-corrected chi connectivity index (χ2v) is 6.11. The van der Waals surface area contributed by atoms with Crippen LogP contribution in [0.25, 0.3) is 0 Å². The molecule has 0 aliphatic carbocycles. The maximum atomic E-state index is 7.73. The van der Waals surface area contributed by atoms with E-state index in [1.165, 1.54) is 0 Å². The van der Waals surface area contributed by atoms with Crippen molar-refractivity contribution >= 4 is 23.1 Å². The number of amidine groups is 1. The van der Waals surface area contributed by atoms with Crippen molar-refractivity contribution in [1.82, 2.24) is 4.90 Å². The molecule has 0 atom stereocenters. The molecule has 1 saturated heterocycles. The fraction of sp³-hybridized carbons (Fsp3) is 0.500. The SMILES string of the molecule is CN1CCN(c2cccc(Cl)c2C(=N)N)CC1(C)C. The number of hydrogen-bond donors (Lipinski definition) is 2. The smallest absolute Gasteiger partial charge is 0.126 e. The van der Waals surface area contributed by atoms with E-state index < -0.39 is 0 Å². The third-order valence-corrected chi connectivity index (χ3v) is 4.23. The van der Waals surface area contributed by atoms with E-state index in [4.69, 9.17) is 22.7 Å². The molecule has 1 aromatic rings. The van der Waals surface area contributed by atoms with Crippen molar-refractivity contribution in [2.75, 3.05) is 31.6 Å². The van der Waals surface area contributed by atoms with Crippen LogP contribution in [-0.4, -0.2) is 43.0 Å². The standard InChI is InChI=1S/C14H21ClN4/c1-14(2)9-19(8-7-18(14)3)11-6-4-5-10(15)12(11)13(16)17/h4-6H,7-9H2,1-3H3,(H3,16,17). The predicted molar refractivity (Wildman–Crippen MR) is 81.4 cm³/mol. The van der Waals surface area contributed by atoms with Crippen molar-refractivity contribution in [3.05, 3.63) is 28.8 Å². The fourth-order valence-electron chi connectivity index (χ4n) is 2.49. The van der Waals surface area contributed by atoms with E-state index in [2.05, 4.69) is 30.7 Å². The molecule has 2 rings (SSSR count). The minimum absolute atomic E-state index is 0.0253. The van der Waals surface area contributed by atoms with Crippen LogP contribution in [0.2, 0.25) is 5.02 Å². The summed E-state index contributed by atoms with van der Waals surface area (Å²) in [5, 5.41) is 8.27. The Kier molecular flexibility index (Phi) is 3.74. The summed E-state index contributed by atoms with van der Waals surface area (Å²) >= 11 is 6.19. The van der Waals surface area contributed by atoms with Crippen LogP contribution in [0.3, 0.4) is 0 Å². The van der Waals surface area contributed by atoms with Crippen LogP contribution >= 0.6 is 11.6 Å². The molecule has 0 radical (unpaired) electrons. The Hall–Kier alpha value is -1.26. The van der Waals surface area contributed by atoms with Gasteiger partial charge in [-0.2, -0.15) is 0 Å². The lowest BCUT2D eigenvalue weighted by Gasteiger charge is -2.46. The molecule has 1 aliphatic heterocycles. The number of benzene rings is 1. The van der Waals surface area contributed by atoms with Gasteiger partial charge in [-0.05, 0) is 33.0 Å². The number of nitrogens with zero attached hydrogens (tertiary/aromatic N) is 2. The van der Waals surface area contributed by atoms with Crippen molar-refractivity contribution in [3.63, 3.8) is 0 Å². The number of nitrogen functional groups attached to an aromatic ring is 1. The van der Waals surface area contributed by atoms with Gasteiger partial charge >= 0.3 is 0 Å². The van der Waals surface area contributed by atoms with Crippen molar-refractivity contribution in [3.8, 4) is 0 Å². The summed E-state index contributed by atoms with van der Waals surface area (Å²) in [4.78, 5) is 4.62. The Morgan fingerprint density at radius 1 is 1.37 bits per heavy atom.